The number of aliphatic hydroxyl groups is 1. The van der Waals surface area contributed by atoms with Crippen LogP contribution in [0.4, 0.5) is 4.48 Å². The highest BCUT2D eigenvalue weighted by Crippen LogP contribution is 2.64. The Morgan fingerprint density at radius 1 is 0.969 bits per heavy atom. The number of benzene rings is 2. The number of esters is 2. The van der Waals surface area contributed by atoms with E-state index >= 15 is 9.28 Å². The van der Waals surface area contributed by atoms with Crippen molar-refractivity contribution in [1.82, 2.24) is 5.12 Å². The monoisotopic (exact) mass is 894 g/mol. The summed E-state index contributed by atoms with van der Waals surface area (Å²) < 4.78 is 52.9. The normalized spacial score (nSPS) is 29.9. The van der Waals surface area contributed by atoms with Gasteiger partial charge in [0.2, 0.25) is 5.88 Å². The van der Waals surface area contributed by atoms with E-state index in [9.17, 15) is 14.7 Å². The van der Waals surface area contributed by atoms with E-state index in [1.54, 1.807) is 49.4 Å². The molecule has 5 rings (SSSR count). The van der Waals surface area contributed by atoms with Gasteiger partial charge in [-0.05, 0) is 85.9 Å². The fourth-order valence-corrected chi connectivity index (χ4v) is 10.5. The molecule has 64 heavy (non-hydrogen) atoms. The average Bonchev–Trinajstić information content (AvgIpc) is 3.24. The van der Waals surface area contributed by atoms with Crippen LogP contribution in [0, 0.1) is 28.6 Å². The van der Waals surface area contributed by atoms with Crippen LogP contribution in [0.2, 0.25) is 0 Å². The van der Waals surface area contributed by atoms with E-state index in [1.165, 1.54) is 28.3 Å². The van der Waals surface area contributed by atoms with Crippen molar-refractivity contribution in [2.24, 2.45) is 28.6 Å². The van der Waals surface area contributed by atoms with Crippen molar-refractivity contribution >= 4 is 17.7 Å². The molecule has 11 nitrogen and oxygen atoms in total. The van der Waals surface area contributed by atoms with Crippen molar-refractivity contribution in [3.8, 4) is 0 Å². The van der Waals surface area contributed by atoms with E-state index in [-0.39, 0.29) is 50.5 Å². The molecule has 1 N–H and O–H groups in total. The smallest absolute Gasteiger partial charge is 0.338 e. The van der Waals surface area contributed by atoms with E-state index in [1.807, 2.05) is 52.8 Å². The Morgan fingerprint density at radius 2 is 1.53 bits per heavy atom. The van der Waals surface area contributed by atoms with Gasteiger partial charge in [0.25, 0.3) is 0 Å². The molecular formula is C52H76FNO10. The van der Waals surface area contributed by atoms with Crippen LogP contribution in [0.15, 0.2) is 96.4 Å². The minimum Gasteiger partial charge on any atom is -0.481 e. The van der Waals surface area contributed by atoms with E-state index < -0.39 is 76.3 Å². The SMILES string of the molecule is C.C=C(CO[C@H]1C[C@@]2(O)[C@@H](OC(=O)c3ccccc3)[C@@H]3[C@@](CC)(OC(C)=O)[C@H](C)CC(OC)[C@@]3(C)C(=O)[C@H](OC)C(=C1C)C2(C)C)C[C@H](c1ccccc1)N(F)C(=C)OC.CC(C)C. The Kier molecular flexibility index (Phi) is 18.3. The van der Waals surface area contributed by atoms with Gasteiger partial charge in [-0.15, -0.1) is 0 Å². The lowest BCUT2D eigenvalue weighted by molar-refractivity contribution is -0.277. The second kappa shape index (κ2) is 21.8. The Balaban J connectivity index is 0.00000209. The van der Waals surface area contributed by atoms with Crippen LogP contribution in [-0.2, 0) is 38.0 Å². The summed E-state index contributed by atoms with van der Waals surface area (Å²) in [6, 6.07) is 16.6. The summed E-state index contributed by atoms with van der Waals surface area (Å²) in [5, 5.41) is 14.3. The molecule has 2 aromatic rings. The summed E-state index contributed by atoms with van der Waals surface area (Å²) in [7, 11) is 4.32. The molecule has 3 aliphatic rings. The molecular weight excluding hydrogens is 818 g/mol. The average molecular weight is 894 g/mol. The van der Waals surface area contributed by atoms with Crippen molar-refractivity contribution in [2.45, 2.75) is 144 Å². The van der Waals surface area contributed by atoms with Crippen LogP contribution < -0.4 is 0 Å². The quantitative estimate of drug-likeness (QED) is 0.0794. The Bertz CT molecular complexity index is 1970. The number of ketones is 1. The molecule has 0 aliphatic heterocycles. The third-order valence-electron chi connectivity index (χ3n) is 13.8. The molecule has 12 heteroatoms. The van der Waals surface area contributed by atoms with Crippen LogP contribution >= 0.6 is 0 Å². The first kappa shape index (κ1) is 54.0. The summed E-state index contributed by atoms with van der Waals surface area (Å²) >= 11 is 0. The number of fused-ring (bicyclic) bond motifs is 3. The van der Waals surface area contributed by atoms with Crippen molar-refractivity contribution < 1.29 is 52.4 Å². The van der Waals surface area contributed by atoms with Gasteiger partial charge in [0.15, 0.2) is 5.78 Å². The predicted octanol–water partition coefficient (Wildman–Crippen LogP) is 10.4. The van der Waals surface area contributed by atoms with Gasteiger partial charge in [0, 0.05) is 33.0 Å². The molecule has 10 atom stereocenters. The maximum Gasteiger partial charge on any atom is 0.338 e. The summed E-state index contributed by atoms with van der Waals surface area (Å²) in [6.07, 6.45) is -3.69. The lowest BCUT2D eigenvalue weighted by Crippen LogP contribution is -2.76. The minimum atomic E-state index is -1.98. The van der Waals surface area contributed by atoms with E-state index in [0.29, 0.717) is 33.8 Å². The van der Waals surface area contributed by atoms with Crippen LogP contribution in [-0.4, -0.2) is 91.5 Å². The molecule has 1 unspecified atom stereocenters. The van der Waals surface area contributed by atoms with Crippen LogP contribution in [0.25, 0.3) is 0 Å². The fourth-order valence-electron chi connectivity index (χ4n) is 10.5. The number of nitrogens with zero attached hydrogens (tertiary/aromatic N) is 1. The molecule has 0 amide bonds. The highest BCUT2D eigenvalue weighted by Gasteiger charge is 2.74. The van der Waals surface area contributed by atoms with Gasteiger partial charge in [-0.25, -0.2) is 4.79 Å². The molecule has 2 bridgehead atoms. The van der Waals surface area contributed by atoms with Crippen molar-refractivity contribution in [2.75, 3.05) is 27.9 Å². The van der Waals surface area contributed by atoms with Gasteiger partial charge in [0.05, 0.1) is 48.9 Å². The maximum absolute atomic E-state index is 15.7. The number of hydrogen-bond donors (Lipinski definition) is 1. The summed E-state index contributed by atoms with van der Waals surface area (Å²) in [5.41, 5.74) is -3.64. The van der Waals surface area contributed by atoms with Gasteiger partial charge in [0.1, 0.15) is 23.4 Å². The molecule has 0 aromatic heterocycles. The number of Topliss-reactive ketones (excluding diaryl/α,β-unsaturated/α-hetero) is 1. The van der Waals surface area contributed by atoms with Gasteiger partial charge in [-0.1, -0.05) is 115 Å². The number of rotatable bonds is 15. The molecule has 2 aromatic carbocycles. The Labute approximate surface area is 382 Å². The number of halogens is 1. The first-order valence-corrected chi connectivity index (χ1v) is 22.0. The van der Waals surface area contributed by atoms with Crippen molar-refractivity contribution in [1.29, 1.82) is 0 Å². The number of hydrogen-bond acceptors (Lipinski definition) is 11. The van der Waals surface area contributed by atoms with Crippen molar-refractivity contribution in [3.63, 3.8) is 0 Å². The summed E-state index contributed by atoms with van der Waals surface area (Å²) in [5.74, 6) is -2.55. The summed E-state index contributed by atoms with van der Waals surface area (Å²) in [4.78, 5) is 43.2. The Hall–Kier alpha value is -4.36. The molecule has 0 spiro atoms. The lowest BCUT2D eigenvalue weighted by Gasteiger charge is -2.65. The number of carbonyl (C=O) groups is 3. The number of ether oxygens (including phenoxy) is 6. The van der Waals surface area contributed by atoms with Gasteiger partial charge in [-0.2, -0.15) is 5.12 Å². The Morgan fingerprint density at radius 3 is 2.03 bits per heavy atom. The van der Waals surface area contributed by atoms with Crippen LogP contribution in [0.3, 0.4) is 0 Å². The second-order valence-electron chi connectivity index (χ2n) is 18.9. The topological polar surface area (TPSA) is 130 Å². The van der Waals surface area contributed by atoms with E-state index in [0.717, 1.165) is 5.92 Å². The lowest BCUT2D eigenvalue weighted by atomic mass is 9.44. The van der Waals surface area contributed by atoms with Crippen molar-refractivity contribution in [3.05, 3.63) is 108 Å². The molecule has 2 saturated carbocycles. The predicted molar refractivity (Wildman–Crippen MR) is 247 cm³/mol. The second-order valence-corrected chi connectivity index (χ2v) is 18.9. The highest BCUT2D eigenvalue weighted by molar-refractivity contribution is 5.94. The van der Waals surface area contributed by atoms with Gasteiger partial charge < -0.3 is 33.5 Å². The molecule has 3 aliphatic carbocycles. The largest absolute Gasteiger partial charge is 0.481 e. The van der Waals surface area contributed by atoms with Crippen LogP contribution in [0.5, 0.6) is 0 Å². The summed E-state index contributed by atoms with van der Waals surface area (Å²) in [6.45, 7) is 26.7. The fraction of sp³-hybridized carbons (Fsp3) is 0.596. The molecule has 0 radical (unpaired) electrons. The molecule has 0 saturated heterocycles. The first-order chi connectivity index (χ1) is 29.5. The highest BCUT2D eigenvalue weighted by atomic mass is 19.2. The molecule has 2 fully saturated rings. The zero-order chi connectivity index (χ0) is 47.2. The molecule has 0 heterocycles. The maximum atomic E-state index is 15.7. The van der Waals surface area contributed by atoms with Crippen LogP contribution in [0.1, 0.15) is 124 Å². The molecule has 356 valence electrons. The third kappa shape index (κ3) is 10.2. The third-order valence-corrected chi connectivity index (χ3v) is 13.8. The minimum absolute atomic E-state index is 0. The zero-order valence-electron chi connectivity index (χ0n) is 39.8. The first-order valence-electron chi connectivity index (χ1n) is 22.0. The zero-order valence-corrected chi connectivity index (χ0v) is 39.8. The standard InChI is InChI=1S/C47H62FNO10.C4H10.CH4/c1-13-46(59-32(6)50)29(3)25-37(55-11)45(9)40(46)42(58-43(52)34-22-18-15-19-23-34)47(53)26-36(30(4)38(44(47,7)8)39(56-12)41(45)51)57-27-28(2)24-35(49(48)31(5)54-10)33-20-16-14-17-21-33;1-4(2)3;/h14-23,29,35-37,39-40,42,53H,2,5,13,24-27H2,1,3-4,6-12H3;4H,1-3H3;1H4/t29-,35-,36+,37?,39-,40+,42+,45-,46+,47-;;/m1../s1. The number of methoxy groups -OCH3 is 3. The van der Waals surface area contributed by atoms with Gasteiger partial charge >= 0.3 is 11.9 Å². The number of carbonyl (C=O) groups excluding carboxylic acids is 3. The van der Waals surface area contributed by atoms with Gasteiger partial charge in [-0.3, -0.25) is 9.59 Å². The van der Waals surface area contributed by atoms with E-state index in [2.05, 4.69) is 33.9 Å². The van der Waals surface area contributed by atoms with E-state index in [4.69, 9.17) is 28.4 Å².